The van der Waals surface area contributed by atoms with Crippen LogP contribution in [0, 0.1) is 5.92 Å². The fourth-order valence-electron chi connectivity index (χ4n) is 3.25. The molecule has 1 aromatic heterocycles. The lowest BCUT2D eigenvalue weighted by Gasteiger charge is -2.21. The van der Waals surface area contributed by atoms with Gasteiger partial charge in [0.25, 0.3) is 5.91 Å². The number of rotatable bonds is 8. The summed E-state index contributed by atoms with van der Waals surface area (Å²) in [6.07, 6.45) is 0. The monoisotopic (exact) mass is 450 g/mol. The first-order chi connectivity index (χ1) is 15.8. The average molecular weight is 450 g/mol. The van der Waals surface area contributed by atoms with Gasteiger partial charge in [-0.3, -0.25) is 4.79 Å². The van der Waals surface area contributed by atoms with Crippen LogP contribution in [0.5, 0.6) is 0 Å². The molecule has 0 radical (unpaired) electrons. The highest BCUT2D eigenvalue weighted by atomic mass is 16.5. The average Bonchev–Trinajstić information content (AvgIpc) is 2.84. The third kappa shape index (κ3) is 5.62. The number of hydrogen-bond acceptors (Lipinski definition) is 8. The summed E-state index contributed by atoms with van der Waals surface area (Å²) in [5, 5.41) is 6.68. The number of esters is 2. The third-order valence-corrected chi connectivity index (χ3v) is 5.02. The van der Waals surface area contributed by atoms with Crippen molar-refractivity contribution < 1.29 is 23.9 Å². The first-order valence-corrected chi connectivity index (χ1v) is 10.4. The van der Waals surface area contributed by atoms with Crippen LogP contribution in [0.15, 0.2) is 48.5 Å². The summed E-state index contributed by atoms with van der Waals surface area (Å²) in [6.45, 7) is 3.86. The SMILES string of the molecule is COC(=O)c1cccc(C(=O)NCc2nc(N[C@H](C(=O)OC)C(C)C)c3ccccc3n2)c1. The van der Waals surface area contributed by atoms with E-state index in [0.717, 1.165) is 5.39 Å². The van der Waals surface area contributed by atoms with Crippen LogP contribution in [0.2, 0.25) is 0 Å². The van der Waals surface area contributed by atoms with Crippen LogP contribution in [-0.2, 0) is 20.8 Å². The van der Waals surface area contributed by atoms with Gasteiger partial charge in [-0.25, -0.2) is 19.6 Å². The number of carbonyl (C=O) groups excluding carboxylic acids is 3. The molecule has 3 aromatic rings. The molecular weight excluding hydrogens is 424 g/mol. The lowest BCUT2D eigenvalue weighted by molar-refractivity contribution is -0.142. The summed E-state index contributed by atoms with van der Waals surface area (Å²) in [5.41, 5.74) is 1.25. The van der Waals surface area contributed by atoms with Crippen molar-refractivity contribution in [2.24, 2.45) is 5.92 Å². The molecule has 0 spiro atoms. The molecule has 0 aliphatic carbocycles. The van der Waals surface area contributed by atoms with E-state index in [4.69, 9.17) is 9.47 Å². The van der Waals surface area contributed by atoms with Gasteiger partial charge in [0.15, 0.2) is 5.82 Å². The quantitative estimate of drug-likeness (QED) is 0.503. The zero-order valence-electron chi connectivity index (χ0n) is 18.9. The van der Waals surface area contributed by atoms with Crippen molar-refractivity contribution in [1.82, 2.24) is 15.3 Å². The summed E-state index contributed by atoms with van der Waals surface area (Å²) in [4.78, 5) is 45.6. The Bertz CT molecular complexity index is 1180. The molecule has 0 saturated heterocycles. The van der Waals surface area contributed by atoms with Crippen molar-refractivity contribution in [3.05, 3.63) is 65.5 Å². The van der Waals surface area contributed by atoms with Crippen molar-refractivity contribution in [2.75, 3.05) is 19.5 Å². The van der Waals surface area contributed by atoms with Crippen molar-refractivity contribution >= 4 is 34.6 Å². The summed E-state index contributed by atoms with van der Waals surface area (Å²) in [6, 6.07) is 13.0. The Kier molecular flexibility index (Phi) is 7.55. The molecule has 2 aromatic carbocycles. The molecule has 0 saturated carbocycles. The predicted octanol–water partition coefficient (Wildman–Crippen LogP) is 2.96. The second-order valence-electron chi connectivity index (χ2n) is 7.65. The number of methoxy groups -OCH3 is 2. The summed E-state index contributed by atoms with van der Waals surface area (Å²) in [5.74, 6) is -0.516. The van der Waals surface area contributed by atoms with E-state index in [2.05, 4.69) is 20.6 Å². The first-order valence-electron chi connectivity index (χ1n) is 10.4. The van der Waals surface area contributed by atoms with E-state index in [1.807, 2.05) is 38.1 Å². The van der Waals surface area contributed by atoms with E-state index in [9.17, 15) is 14.4 Å². The first kappa shape index (κ1) is 23.6. The van der Waals surface area contributed by atoms with Gasteiger partial charge in [0, 0.05) is 10.9 Å². The molecule has 1 amide bonds. The molecule has 2 N–H and O–H groups in total. The highest BCUT2D eigenvalue weighted by molar-refractivity contribution is 5.98. The van der Waals surface area contributed by atoms with E-state index in [0.29, 0.717) is 22.7 Å². The largest absolute Gasteiger partial charge is 0.467 e. The van der Waals surface area contributed by atoms with Crippen LogP contribution in [0.1, 0.15) is 40.4 Å². The Balaban J connectivity index is 1.85. The topological polar surface area (TPSA) is 120 Å². The molecule has 0 fully saturated rings. The minimum absolute atomic E-state index is 0.0450. The summed E-state index contributed by atoms with van der Waals surface area (Å²) in [7, 11) is 2.62. The van der Waals surface area contributed by atoms with Crippen molar-refractivity contribution in [3.63, 3.8) is 0 Å². The minimum atomic E-state index is -0.600. The molecular formula is C24H26N4O5. The van der Waals surface area contributed by atoms with Gasteiger partial charge in [0.05, 0.1) is 31.8 Å². The highest BCUT2D eigenvalue weighted by Gasteiger charge is 2.24. The van der Waals surface area contributed by atoms with Gasteiger partial charge < -0.3 is 20.1 Å². The van der Waals surface area contributed by atoms with E-state index in [1.165, 1.54) is 20.3 Å². The molecule has 0 aliphatic heterocycles. The van der Waals surface area contributed by atoms with Crippen molar-refractivity contribution in [3.8, 4) is 0 Å². The number of amides is 1. The number of carbonyl (C=O) groups is 3. The second kappa shape index (κ2) is 10.5. The third-order valence-electron chi connectivity index (χ3n) is 5.02. The maximum Gasteiger partial charge on any atom is 0.337 e. The molecule has 0 unspecified atom stereocenters. The number of hydrogen-bond donors (Lipinski definition) is 2. The molecule has 1 heterocycles. The van der Waals surface area contributed by atoms with Crippen LogP contribution in [0.4, 0.5) is 5.82 Å². The van der Waals surface area contributed by atoms with Crippen LogP contribution in [0.25, 0.3) is 10.9 Å². The zero-order valence-corrected chi connectivity index (χ0v) is 18.9. The van der Waals surface area contributed by atoms with Crippen LogP contribution < -0.4 is 10.6 Å². The van der Waals surface area contributed by atoms with E-state index in [-0.39, 0.29) is 23.9 Å². The van der Waals surface area contributed by atoms with Gasteiger partial charge in [-0.1, -0.05) is 32.0 Å². The summed E-state index contributed by atoms with van der Waals surface area (Å²) < 4.78 is 9.61. The number of benzene rings is 2. The smallest absolute Gasteiger partial charge is 0.337 e. The standard InChI is InChI=1S/C24H26N4O5/c1-14(2)20(24(31)33-4)28-21-17-10-5-6-11-18(17)26-19(27-21)13-25-22(29)15-8-7-9-16(12-15)23(30)32-3/h5-12,14,20H,13H2,1-4H3,(H,25,29)(H,26,27,28)/t20-/m0/s1. The fourth-order valence-corrected chi connectivity index (χ4v) is 3.25. The maximum atomic E-state index is 12.6. The van der Waals surface area contributed by atoms with Gasteiger partial charge in [0.2, 0.25) is 0 Å². The number of ether oxygens (including phenoxy) is 2. The van der Waals surface area contributed by atoms with Crippen LogP contribution in [-0.4, -0.2) is 48.1 Å². The second-order valence-corrected chi connectivity index (χ2v) is 7.65. The van der Waals surface area contributed by atoms with Gasteiger partial charge in [-0.15, -0.1) is 0 Å². The Morgan fingerprint density at radius 2 is 1.67 bits per heavy atom. The number of anilines is 1. The Morgan fingerprint density at radius 3 is 2.36 bits per heavy atom. The molecule has 9 heteroatoms. The van der Waals surface area contributed by atoms with Gasteiger partial charge in [-0.05, 0) is 36.2 Å². The van der Waals surface area contributed by atoms with E-state index in [1.54, 1.807) is 18.2 Å². The highest BCUT2D eigenvalue weighted by Crippen LogP contribution is 2.22. The molecule has 172 valence electrons. The molecule has 1 atom stereocenters. The Labute approximate surface area is 191 Å². The molecule has 0 bridgehead atoms. The minimum Gasteiger partial charge on any atom is -0.467 e. The lowest BCUT2D eigenvalue weighted by atomic mass is 10.0. The normalized spacial score (nSPS) is 11.7. The van der Waals surface area contributed by atoms with E-state index < -0.39 is 18.0 Å². The lowest BCUT2D eigenvalue weighted by Crippen LogP contribution is -2.36. The Morgan fingerprint density at radius 1 is 0.939 bits per heavy atom. The summed E-state index contributed by atoms with van der Waals surface area (Å²) >= 11 is 0. The van der Waals surface area contributed by atoms with Crippen LogP contribution in [0.3, 0.4) is 0 Å². The fraction of sp³-hybridized carbons (Fsp3) is 0.292. The molecule has 33 heavy (non-hydrogen) atoms. The molecule has 0 aliphatic rings. The van der Waals surface area contributed by atoms with E-state index >= 15 is 0 Å². The van der Waals surface area contributed by atoms with Gasteiger partial charge >= 0.3 is 11.9 Å². The number of fused-ring (bicyclic) bond motifs is 1. The van der Waals surface area contributed by atoms with Crippen LogP contribution >= 0.6 is 0 Å². The Hall–Kier alpha value is -4.01. The zero-order chi connectivity index (χ0) is 24.0. The number of aromatic nitrogens is 2. The predicted molar refractivity (Wildman–Crippen MR) is 123 cm³/mol. The van der Waals surface area contributed by atoms with Gasteiger partial charge in [-0.2, -0.15) is 0 Å². The number of para-hydroxylation sites is 1. The maximum absolute atomic E-state index is 12.6. The molecule has 9 nitrogen and oxygen atoms in total. The number of nitrogens with one attached hydrogen (secondary N) is 2. The van der Waals surface area contributed by atoms with Crippen molar-refractivity contribution in [2.45, 2.75) is 26.4 Å². The molecule has 3 rings (SSSR count). The van der Waals surface area contributed by atoms with Gasteiger partial charge in [0.1, 0.15) is 11.9 Å². The number of nitrogens with zero attached hydrogens (tertiary/aromatic N) is 2. The van der Waals surface area contributed by atoms with Crippen molar-refractivity contribution in [1.29, 1.82) is 0 Å².